The summed E-state index contributed by atoms with van der Waals surface area (Å²) < 4.78 is 6.65. The summed E-state index contributed by atoms with van der Waals surface area (Å²) in [6, 6.07) is 8.92. The minimum atomic E-state index is -0.0758. The molecule has 1 aromatic carbocycles. The van der Waals surface area contributed by atoms with E-state index in [1.165, 1.54) is 5.56 Å². The lowest BCUT2D eigenvalue weighted by Gasteiger charge is -2.43. The number of carbonyl (C=O) groups excluding carboxylic acids is 1. The van der Waals surface area contributed by atoms with Gasteiger partial charge < -0.3 is 10.1 Å². The quantitative estimate of drug-likeness (QED) is 0.247. The fourth-order valence-corrected chi connectivity index (χ4v) is 6.50. The first-order valence-electron chi connectivity index (χ1n) is 13.6. The zero-order chi connectivity index (χ0) is 26.9. The van der Waals surface area contributed by atoms with E-state index in [0.717, 1.165) is 61.5 Å². The summed E-state index contributed by atoms with van der Waals surface area (Å²) in [6.07, 6.45) is 15.3. The molecule has 0 aromatic heterocycles. The average molecular weight is 623 g/mol. The van der Waals surface area contributed by atoms with Crippen molar-refractivity contribution in [2.75, 3.05) is 32.2 Å². The molecular formula is C30H38BrCl2N3O2. The molecule has 1 saturated carbocycles. The van der Waals surface area contributed by atoms with Crippen LogP contribution in [0, 0.1) is 17.8 Å². The predicted octanol–water partition coefficient (Wildman–Crippen LogP) is 6.68. The predicted molar refractivity (Wildman–Crippen MR) is 161 cm³/mol. The summed E-state index contributed by atoms with van der Waals surface area (Å²) in [7, 11) is 0. The molecule has 1 N–H and O–H groups in total. The van der Waals surface area contributed by atoms with Crippen LogP contribution in [-0.2, 0) is 9.53 Å². The van der Waals surface area contributed by atoms with Crippen LogP contribution in [0.5, 0.6) is 0 Å². The minimum absolute atomic E-state index is 0.0650. The van der Waals surface area contributed by atoms with Crippen molar-refractivity contribution < 1.29 is 9.53 Å². The van der Waals surface area contributed by atoms with Crippen molar-refractivity contribution in [3.8, 4) is 0 Å². The van der Waals surface area contributed by atoms with Gasteiger partial charge in [-0.1, -0.05) is 64.8 Å². The van der Waals surface area contributed by atoms with Crippen molar-refractivity contribution >= 4 is 51.3 Å². The van der Waals surface area contributed by atoms with Crippen LogP contribution in [0.3, 0.4) is 0 Å². The molecule has 2 aliphatic carbocycles. The molecule has 5 nitrogen and oxygen atoms in total. The first-order valence-corrected chi connectivity index (χ1v) is 15.3. The maximum absolute atomic E-state index is 14.0. The third kappa shape index (κ3) is 8.04. The third-order valence-electron chi connectivity index (χ3n) is 8.09. The van der Waals surface area contributed by atoms with Crippen LogP contribution < -0.4 is 5.32 Å². The average Bonchev–Trinajstić information content (AvgIpc) is 2.95. The van der Waals surface area contributed by atoms with Crippen molar-refractivity contribution in [2.45, 2.75) is 50.6 Å². The van der Waals surface area contributed by atoms with Crippen LogP contribution >= 0.6 is 39.1 Å². The topological polar surface area (TPSA) is 53.9 Å². The molecule has 0 radical (unpaired) electrons. The summed E-state index contributed by atoms with van der Waals surface area (Å²) in [5.41, 5.74) is 1.23. The number of ether oxygens (including phenoxy) is 1. The number of hydrogen-bond acceptors (Lipinski definition) is 4. The Morgan fingerprint density at radius 1 is 1.26 bits per heavy atom. The first-order chi connectivity index (χ1) is 18.5. The molecule has 38 heavy (non-hydrogen) atoms. The normalized spacial score (nSPS) is 28.4. The van der Waals surface area contributed by atoms with Gasteiger partial charge in [0.2, 0.25) is 5.91 Å². The van der Waals surface area contributed by atoms with Crippen LogP contribution in [0.1, 0.15) is 44.1 Å². The van der Waals surface area contributed by atoms with Crippen molar-refractivity contribution in [1.82, 2.24) is 10.2 Å². The number of alkyl halides is 1. The molecule has 1 aromatic rings. The smallest absolute Gasteiger partial charge is 0.223 e. The van der Waals surface area contributed by atoms with Gasteiger partial charge >= 0.3 is 0 Å². The van der Waals surface area contributed by atoms with Gasteiger partial charge in [0.05, 0.1) is 19.1 Å². The summed E-state index contributed by atoms with van der Waals surface area (Å²) in [6.45, 7) is 5.65. The molecule has 6 unspecified atom stereocenters. The lowest BCUT2D eigenvalue weighted by Crippen LogP contribution is -2.51. The fourth-order valence-electron chi connectivity index (χ4n) is 6.00. The number of aliphatic imine (C=N–C) groups is 1. The zero-order valence-corrected chi connectivity index (χ0v) is 25.0. The van der Waals surface area contributed by atoms with E-state index < -0.39 is 0 Å². The second-order valence-corrected chi connectivity index (χ2v) is 12.1. The van der Waals surface area contributed by atoms with Crippen molar-refractivity contribution in [2.24, 2.45) is 22.7 Å². The number of rotatable bonds is 9. The Bertz CT molecular complexity index is 1040. The highest BCUT2D eigenvalue weighted by molar-refractivity contribution is 9.10. The summed E-state index contributed by atoms with van der Waals surface area (Å²) >= 11 is 15.5. The molecule has 1 aliphatic heterocycles. The van der Waals surface area contributed by atoms with E-state index >= 15 is 0 Å². The first kappa shape index (κ1) is 29.5. The summed E-state index contributed by atoms with van der Waals surface area (Å²) in [4.78, 5) is 20.8. The summed E-state index contributed by atoms with van der Waals surface area (Å²) in [5.74, 6) is 0.852. The Hall–Kier alpha value is -1.44. The van der Waals surface area contributed by atoms with E-state index in [1.807, 2.05) is 18.2 Å². The van der Waals surface area contributed by atoms with E-state index in [9.17, 15) is 4.79 Å². The van der Waals surface area contributed by atoms with Gasteiger partial charge in [-0.25, -0.2) is 0 Å². The lowest BCUT2D eigenvalue weighted by atomic mass is 9.72. The maximum Gasteiger partial charge on any atom is 0.223 e. The molecule has 4 rings (SSSR count). The van der Waals surface area contributed by atoms with Gasteiger partial charge in [-0.05, 0) is 61.3 Å². The minimum Gasteiger partial charge on any atom is -0.379 e. The number of amides is 1. The molecule has 1 heterocycles. The Balaban J connectivity index is 1.54. The monoisotopic (exact) mass is 621 g/mol. The van der Waals surface area contributed by atoms with Gasteiger partial charge in [0.15, 0.2) is 0 Å². The zero-order valence-electron chi connectivity index (χ0n) is 21.9. The van der Waals surface area contributed by atoms with Gasteiger partial charge in [-0.3, -0.25) is 14.7 Å². The molecule has 2 fully saturated rings. The van der Waals surface area contributed by atoms with Crippen LogP contribution in [0.15, 0.2) is 69.3 Å². The number of nitrogens with zero attached hydrogens (tertiary/aromatic N) is 2. The number of nitrogens with one attached hydrogen (secondary N) is 1. The molecular weight excluding hydrogens is 585 g/mol. The second kappa shape index (κ2) is 14.8. The largest absolute Gasteiger partial charge is 0.379 e. The molecule has 8 heteroatoms. The van der Waals surface area contributed by atoms with Gasteiger partial charge in [-0.15, -0.1) is 11.6 Å². The van der Waals surface area contributed by atoms with E-state index in [4.69, 9.17) is 27.9 Å². The molecule has 0 bridgehead atoms. The highest BCUT2D eigenvalue weighted by Crippen LogP contribution is 2.41. The van der Waals surface area contributed by atoms with Gasteiger partial charge in [-0.2, -0.15) is 0 Å². The number of carbonyl (C=O) groups is 1. The molecule has 206 valence electrons. The van der Waals surface area contributed by atoms with Crippen LogP contribution in [-0.4, -0.2) is 61.3 Å². The Kier molecular flexibility index (Phi) is 11.5. The lowest BCUT2D eigenvalue weighted by molar-refractivity contribution is -0.128. The highest BCUT2D eigenvalue weighted by atomic mass is 79.9. The van der Waals surface area contributed by atoms with E-state index in [0.29, 0.717) is 11.9 Å². The van der Waals surface area contributed by atoms with Crippen molar-refractivity contribution in [3.05, 3.63) is 69.8 Å². The van der Waals surface area contributed by atoms with E-state index in [-0.39, 0.29) is 35.6 Å². The standard InChI is InChI=1S/C30H38BrCl2N3O2/c1-21(12-14-34-15-13-32)29(23-4-8-25(33)9-5-23)35-30(37)27-11-10-26(36-16-18-38-19-17-36)20-28(27)22-2-6-24(31)7-3-22/h2-4,6-9,12,14-15,21,23,26-29H,5,10-11,13,16-20H2,1H3,(H,35,37). The molecule has 0 spiro atoms. The molecule has 1 amide bonds. The third-order valence-corrected chi connectivity index (χ3v) is 9.04. The second-order valence-electron chi connectivity index (χ2n) is 10.4. The summed E-state index contributed by atoms with van der Waals surface area (Å²) in [5, 5.41) is 4.23. The van der Waals surface area contributed by atoms with E-state index in [1.54, 1.807) is 12.4 Å². The fraction of sp³-hybridized carbons (Fsp3) is 0.533. The van der Waals surface area contributed by atoms with Crippen LogP contribution in [0.4, 0.5) is 0 Å². The van der Waals surface area contributed by atoms with Crippen LogP contribution in [0.25, 0.3) is 0 Å². The number of hydrogen-bond donors (Lipinski definition) is 1. The molecule has 6 atom stereocenters. The molecule has 1 saturated heterocycles. The number of morpholine rings is 1. The Labute approximate surface area is 245 Å². The highest BCUT2D eigenvalue weighted by Gasteiger charge is 2.39. The SMILES string of the molecule is CC(C=CN=CCCl)C(NC(=O)C1CCC(N2CCOCC2)CC1c1ccc(Br)cc1)C1C=CC(Cl)=CC1. The van der Waals surface area contributed by atoms with Crippen LogP contribution in [0.2, 0.25) is 0 Å². The van der Waals surface area contributed by atoms with E-state index in [2.05, 4.69) is 68.4 Å². The van der Waals surface area contributed by atoms with Crippen molar-refractivity contribution in [1.29, 1.82) is 0 Å². The Morgan fingerprint density at radius 2 is 2.03 bits per heavy atom. The van der Waals surface area contributed by atoms with Gasteiger partial charge in [0.25, 0.3) is 0 Å². The molecule has 3 aliphatic rings. The maximum atomic E-state index is 14.0. The number of benzene rings is 1. The van der Waals surface area contributed by atoms with Gasteiger partial charge in [0, 0.05) is 58.9 Å². The van der Waals surface area contributed by atoms with Gasteiger partial charge in [0.1, 0.15) is 0 Å². The number of allylic oxidation sites excluding steroid dienone is 3. The van der Waals surface area contributed by atoms with Crippen molar-refractivity contribution in [3.63, 3.8) is 0 Å². The number of halogens is 3. The Morgan fingerprint density at radius 3 is 2.71 bits per heavy atom.